The van der Waals surface area contributed by atoms with Crippen LogP contribution in [0.15, 0.2) is 29.9 Å². The third kappa shape index (κ3) is 3.70. The molecule has 0 radical (unpaired) electrons. The minimum absolute atomic E-state index is 0.00801. The molecule has 2 aliphatic rings. The molecule has 7 nitrogen and oxygen atoms in total. The molecule has 0 saturated heterocycles. The predicted molar refractivity (Wildman–Crippen MR) is 95.8 cm³/mol. The molecule has 0 bridgehead atoms. The van der Waals surface area contributed by atoms with Crippen LogP contribution in [0.25, 0.3) is 0 Å². The molecule has 2 atom stereocenters. The van der Waals surface area contributed by atoms with Crippen molar-refractivity contribution in [1.82, 2.24) is 9.97 Å². The Labute approximate surface area is 155 Å². The summed E-state index contributed by atoms with van der Waals surface area (Å²) >= 11 is 6.33. The lowest BCUT2D eigenvalue weighted by atomic mass is 9.94. The number of rotatable bonds is 6. The molecular formula is C18H18ClN3O4. The molecule has 1 fully saturated rings. The molecule has 8 heteroatoms. The molecule has 3 rings (SSSR count). The number of nitrogens with zero attached hydrogens (tertiary/aromatic N) is 2. The average Bonchev–Trinajstić information content (AvgIpc) is 3.52. The van der Waals surface area contributed by atoms with E-state index in [2.05, 4.69) is 15.3 Å². The van der Waals surface area contributed by atoms with E-state index in [1.807, 2.05) is 18.1 Å². The molecule has 0 aromatic carbocycles. The second kappa shape index (κ2) is 7.83. The van der Waals surface area contributed by atoms with Gasteiger partial charge in [0, 0.05) is 18.6 Å². The van der Waals surface area contributed by atoms with E-state index in [1.54, 1.807) is 12.2 Å². The van der Waals surface area contributed by atoms with Gasteiger partial charge in [0.2, 0.25) is 0 Å². The molecule has 1 heterocycles. The Balaban J connectivity index is 1.95. The number of anilines is 1. The summed E-state index contributed by atoms with van der Waals surface area (Å²) < 4.78 is 10.3. The molecule has 136 valence electrons. The summed E-state index contributed by atoms with van der Waals surface area (Å²) in [6.45, 7) is 0. The maximum absolute atomic E-state index is 12.0. The Morgan fingerprint density at radius 1 is 1.35 bits per heavy atom. The molecule has 0 aliphatic heterocycles. The van der Waals surface area contributed by atoms with Crippen LogP contribution < -0.4 is 5.32 Å². The van der Waals surface area contributed by atoms with Gasteiger partial charge in [-0.05, 0) is 18.9 Å². The molecule has 1 N–H and O–H groups in total. The van der Waals surface area contributed by atoms with Gasteiger partial charge in [-0.3, -0.25) is 0 Å². The van der Waals surface area contributed by atoms with Gasteiger partial charge < -0.3 is 14.8 Å². The standard InChI is InChI=1S/C18H18ClN3O4/c1-25-17(12-6-4-3-5-11(12)9-23)22-16-13(19)14(18(24)26-2)20-15(21-16)10-7-8-10/h3-6,10,12,17H,7-8H2,1-2H3,(H,20,21,22). The van der Waals surface area contributed by atoms with Crippen LogP contribution in [0.3, 0.4) is 0 Å². The molecule has 1 aromatic rings. The van der Waals surface area contributed by atoms with Crippen LogP contribution in [0, 0.1) is 5.92 Å². The summed E-state index contributed by atoms with van der Waals surface area (Å²) in [4.78, 5) is 31.9. The van der Waals surface area contributed by atoms with Crippen molar-refractivity contribution in [1.29, 1.82) is 0 Å². The van der Waals surface area contributed by atoms with Gasteiger partial charge in [0.1, 0.15) is 23.0 Å². The number of esters is 1. The van der Waals surface area contributed by atoms with Gasteiger partial charge in [0.15, 0.2) is 11.5 Å². The smallest absolute Gasteiger partial charge is 0.358 e. The highest BCUT2D eigenvalue weighted by atomic mass is 35.5. The summed E-state index contributed by atoms with van der Waals surface area (Å²) in [5, 5.41) is 3.13. The number of carbonyl (C=O) groups is 1. The minimum atomic E-state index is -0.634. The van der Waals surface area contributed by atoms with Gasteiger partial charge in [-0.1, -0.05) is 29.8 Å². The van der Waals surface area contributed by atoms with E-state index >= 15 is 0 Å². The van der Waals surface area contributed by atoms with Gasteiger partial charge in [0.05, 0.1) is 13.0 Å². The molecule has 1 saturated carbocycles. The summed E-state index contributed by atoms with van der Waals surface area (Å²) in [6, 6.07) is 0. The van der Waals surface area contributed by atoms with E-state index in [0.717, 1.165) is 12.8 Å². The lowest BCUT2D eigenvalue weighted by Gasteiger charge is -2.26. The van der Waals surface area contributed by atoms with Crippen molar-refractivity contribution in [2.75, 3.05) is 19.5 Å². The van der Waals surface area contributed by atoms with Gasteiger partial charge in [-0.15, -0.1) is 0 Å². The maximum Gasteiger partial charge on any atom is 0.358 e. The first-order chi connectivity index (χ1) is 12.6. The van der Waals surface area contributed by atoms with E-state index in [1.165, 1.54) is 14.2 Å². The number of nitrogens with one attached hydrogen (secondary N) is 1. The highest BCUT2D eigenvalue weighted by Gasteiger charge is 2.32. The molecule has 2 aliphatic carbocycles. The zero-order valence-corrected chi connectivity index (χ0v) is 15.1. The van der Waals surface area contributed by atoms with Crippen LogP contribution >= 0.6 is 11.6 Å². The number of aromatic nitrogens is 2. The van der Waals surface area contributed by atoms with Crippen LogP contribution in [0.2, 0.25) is 5.02 Å². The lowest BCUT2D eigenvalue weighted by molar-refractivity contribution is 0.0593. The van der Waals surface area contributed by atoms with Crippen molar-refractivity contribution in [2.24, 2.45) is 5.92 Å². The number of allylic oxidation sites excluding steroid dienone is 3. The largest absolute Gasteiger partial charge is 0.464 e. The van der Waals surface area contributed by atoms with Crippen molar-refractivity contribution in [2.45, 2.75) is 25.0 Å². The number of ether oxygens (including phenoxy) is 2. The van der Waals surface area contributed by atoms with Crippen molar-refractivity contribution < 1.29 is 19.1 Å². The van der Waals surface area contributed by atoms with E-state index in [4.69, 9.17) is 21.1 Å². The highest BCUT2D eigenvalue weighted by Crippen LogP contribution is 2.40. The number of methoxy groups -OCH3 is 2. The number of halogens is 1. The van der Waals surface area contributed by atoms with Crippen molar-refractivity contribution in [3.05, 3.63) is 46.4 Å². The Bertz CT molecular complexity index is 826. The third-order valence-electron chi connectivity index (χ3n) is 4.23. The van der Waals surface area contributed by atoms with E-state index in [9.17, 15) is 9.59 Å². The SMILES string of the molecule is COC(=O)c1nc(C2CC2)nc(NC(OC)C2C=CC=CC2=C=O)c1Cl. The van der Waals surface area contributed by atoms with Crippen LogP contribution in [-0.4, -0.2) is 42.3 Å². The second-order valence-corrected chi connectivity index (χ2v) is 6.36. The number of hydrogen-bond donors (Lipinski definition) is 1. The van der Waals surface area contributed by atoms with Crippen LogP contribution in [0.1, 0.15) is 35.1 Å². The monoisotopic (exact) mass is 375 g/mol. The minimum Gasteiger partial charge on any atom is -0.464 e. The topological polar surface area (TPSA) is 90.4 Å². The number of carbonyl (C=O) groups excluding carboxylic acids is 2. The third-order valence-corrected chi connectivity index (χ3v) is 4.59. The van der Waals surface area contributed by atoms with Crippen molar-refractivity contribution >= 4 is 29.3 Å². The fraction of sp³-hybridized carbons (Fsp3) is 0.389. The van der Waals surface area contributed by atoms with Crippen LogP contribution in [0.5, 0.6) is 0 Å². The average molecular weight is 376 g/mol. The number of hydrogen-bond acceptors (Lipinski definition) is 7. The van der Waals surface area contributed by atoms with E-state index < -0.39 is 12.2 Å². The Hall–Kier alpha value is -2.47. The van der Waals surface area contributed by atoms with Gasteiger partial charge in [0.25, 0.3) is 0 Å². The zero-order chi connectivity index (χ0) is 18.7. The Kier molecular flexibility index (Phi) is 5.52. The summed E-state index contributed by atoms with van der Waals surface area (Å²) in [5.74, 6) is 1.92. The summed E-state index contributed by atoms with van der Waals surface area (Å²) in [6.07, 6.45) is 8.35. The zero-order valence-electron chi connectivity index (χ0n) is 14.4. The van der Waals surface area contributed by atoms with E-state index in [-0.39, 0.29) is 28.4 Å². The highest BCUT2D eigenvalue weighted by molar-refractivity contribution is 6.35. The van der Waals surface area contributed by atoms with Gasteiger partial charge in [-0.25, -0.2) is 19.6 Å². The predicted octanol–water partition coefficient (Wildman–Crippen LogP) is 2.68. The Morgan fingerprint density at radius 3 is 2.73 bits per heavy atom. The summed E-state index contributed by atoms with van der Waals surface area (Å²) in [7, 11) is 2.77. The maximum atomic E-state index is 12.0. The van der Waals surface area contributed by atoms with Crippen LogP contribution in [-0.2, 0) is 14.3 Å². The molecule has 2 unspecified atom stereocenters. The fourth-order valence-electron chi connectivity index (χ4n) is 2.67. The quantitative estimate of drug-likeness (QED) is 0.464. The fourth-order valence-corrected chi connectivity index (χ4v) is 2.89. The first kappa shape index (κ1) is 18.3. The first-order valence-corrected chi connectivity index (χ1v) is 8.51. The lowest BCUT2D eigenvalue weighted by Crippen LogP contribution is -2.32. The van der Waals surface area contributed by atoms with E-state index in [0.29, 0.717) is 11.4 Å². The molecular weight excluding hydrogens is 358 g/mol. The van der Waals surface area contributed by atoms with Gasteiger partial charge in [-0.2, -0.15) is 0 Å². The first-order valence-electron chi connectivity index (χ1n) is 8.14. The van der Waals surface area contributed by atoms with Crippen LogP contribution in [0.4, 0.5) is 5.82 Å². The molecule has 0 spiro atoms. The normalized spacial score (nSPS) is 19.8. The van der Waals surface area contributed by atoms with Gasteiger partial charge >= 0.3 is 5.97 Å². The Morgan fingerprint density at radius 2 is 2.12 bits per heavy atom. The van der Waals surface area contributed by atoms with Crippen molar-refractivity contribution in [3.63, 3.8) is 0 Å². The second-order valence-electron chi connectivity index (χ2n) is 5.99. The summed E-state index contributed by atoms with van der Waals surface area (Å²) in [5.41, 5.74) is 0.446. The molecule has 26 heavy (non-hydrogen) atoms. The van der Waals surface area contributed by atoms with Crippen molar-refractivity contribution in [3.8, 4) is 0 Å². The molecule has 1 aromatic heterocycles. The molecule has 0 amide bonds.